The van der Waals surface area contributed by atoms with Crippen LogP contribution in [0.3, 0.4) is 0 Å². The maximum atomic E-state index is 13.0. The van der Waals surface area contributed by atoms with E-state index in [9.17, 15) is 9.90 Å². The Morgan fingerprint density at radius 3 is 2.82 bits per heavy atom. The van der Waals surface area contributed by atoms with Crippen molar-refractivity contribution in [3.8, 4) is 5.75 Å². The second-order valence-electron chi connectivity index (χ2n) is 12.4. The zero-order chi connectivity index (χ0) is 27.1. The van der Waals surface area contributed by atoms with E-state index in [1.165, 1.54) is 11.1 Å². The SMILES string of the molecule is C=CCC(O)[C@@H]1CC[C@H]1CN1C[C@@]2(CCCc3cc(Cl)ccc32)COc2ccc(C(=O)OC(C)(C)C)cc21. The topological polar surface area (TPSA) is 59.0 Å². The number of anilines is 1. The van der Waals surface area contributed by atoms with Gasteiger partial charge < -0.3 is 19.5 Å². The van der Waals surface area contributed by atoms with Crippen LogP contribution >= 0.6 is 11.6 Å². The minimum absolute atomic E-state index is 0.178. The summed E-state index contributed by atoms with van der Waals surface area (Å²) >= 11 is 6.38. The van der Waals surface area contributed by atoms with Crippen molar-refractivity contribution in [1.29, 1.82) is 0 Å². The number of benzene rings is 2. The van der Waals surface area contributed by atoms with Gasteiger partial charge in [-0.15, -0.1) is 6.58 Å². The van der Waals surface area contributed by atoms with Crippen LogP contribution in [0.2, 0.25) is 5.02 Å². The third-order valence-corrected chi connectivity index (χ3v) is 8.74. The van der Waals surface area contributed by atoms with Gasteiger partial charge in [-0.3, -0.25) is 0 Å². The van der Waals surface area contributed by atoms with Crippen LogP contribution in [-0.4, -0.2) is 42.5 Å². The summed E-state index contributed by atoms with van der Waals surface area (Å²) in [6, 6.07) is 11.9. The van der Waals surface area contributed by atoms with Crippen LogP contribution in [0.25, 0.3) is 0 Å². The van der Waals surface area contributed by atoms with Crippen LogP contribution in [0.15, 0.2) is 49.1 Å². The first-order chi connectivity index (χ1) is 18.1. The fourth-order valence-electron chi connectivity index (χ4n) is 6.53. The third kappa shape index (κ3) is 5.46. The van der Waals surface area contributed by atoms with Crippen molar-refractivity contribution in [1.82, 2.24) is 0 Å². The zero-order valence-corrected chi connectivity index (χ0v) is 23.6. The molecule has 2 aliphatic carbocycles. The molecule has 4 atom stereocenters. The zero-order valence-electron chi connectivity index (χ0n) is 22.8. The smallest absolute Gasteiger partial charge is 0.338 e. The van der Waals surface area contributed by atoms with Gasteiger partial charge in [-0.25, -0.2) is 4.79 Å². The first-order valence-corrected chi connectivity index (χ1v) is 14.3. The number of aliphatic hydroxyl groups excluding tert-OH is 1. The number of hydrogen-bond acceptors (Lipinski definition) is 5. The number of hydrogen-bond donors (Lipinski definition) is 1. The van der Waals surface area contributed by atoms with E-state index in [0.29, 0.717) is 24.5 Å². The lowest BCUT2D eigenvalue weighted by Crippen LogP contribution is -2.49. The molecule has 1 spiro atoms. The second kappa shape index (κ2) is 10.6. The summed E-state index contributed by atoms with van der Waals surface area (Å²) in [6.07, 6.45) is 7.28. The number of halogens is 1. The molecule has 1 saturated carbocycles. The van der Waals surface area contributed by atoms with Crippen LogP contribution < -0.4 is 9.64 Å². The molecule has 3 aliphatic rings. The fraction of sp³-hybridized carbons (Fsp3) is 0.531. The van der Waals surface area contributed by atoms with Gasteiger partial charge in [0.2, 0.25) is 0 Å². The Bertz CT molecular complexity index is 1200. The van der Waals surface area contributed by atoms with E-state index in [0.717, 1.165) is 61.7 Å². The molecule has 1 unspecified atom stereocenters. The molecular formula is C32H40ClNO4. The molecule has 2 aromatic rings. The van der Waals surface area contributed by atoms with E-state index >= 15 is 0 Å². The molecule has 2 aromatic carbocycles. The van der Waals surface area contributed by atoms with Crippen LogP contribution in [0, 0.1) is 11.8 Å². The van der Waals surface area contributed by atoms with Crippen molar-refractivity contribution in [3.05, 3.63) is 70.8 Å². The highest BCUT2D eigenvalue weighted by atomic mass is 35.5. The first-order valence-electron chi connectivity index (χ1n) is 13.9. The average molecular weight is 538 g/mol. The summed E-state index contributed by atoms with van der Waals surface area (Å²) in [5.41, 5.74) is 3.32. The molecule has 0 amide bonds. The standard InChI is InChI=1S/C32H40ClNO4/c1-5-7-28(35)25-12-9-23(25)18-34-19-32(15-6-8-21-16-24(33)11-13-26(21)32)20-37-29-14-10-22(17-27(29)34)30(36)38-31(2,3)4/h5,10-11,13-14,16-17,23,25,28,35H,1,6-9,12,15,18-20H2,2-4H3/t23-,25+,28?,32-/m0/s1. The quantitative estimate of drug-likeness (QED) is 0.327. The Hall–Kier alpha value is -2.50. The molecule has 1 heterocycles. The Labute approximate surface area is 231 Å². The van der Waals surface area contributed by atoms with Gasteiger partial charge in [0.15, 0.2) is 0 Å². The highest BCUT2D eigenvalue weighted by Crippen LogP contribution is 2.46. The van der Waals surface area contributed by atoms with E-state index < -0.39 is 5.60 Å². The normalized spacial score (nSPS) is 25.3. The summed E-state index contributed by atoms with van der Waals surface area (Å²) in [5.74, 6) is 1.08. The van der Waals surface area contributed by atoms with Crippen molar-refractivity contribution < 1.29 is 19.4 Å². The molecule has 0 saturated heterocycles. The van der Waals surface area contributed by atoms with Crippen molar-refractivity contribution in [2.75, 3.05) is 24.6 Å². The molecule has 6 heteroatoms. The molecule has 1 N–H and O–H groups in total. The number of aliphatic hydroxyl groups is 1. The average Bonchev–Trinajstić information content (AvgIpc) is 2.98. The monoisotopic (exact) mass is 537 g/mol. The first kappa shape index (κ1) is 27.1. The van der Waals surface area contributed by atoms with Crippen LogP contribution in [0.4, 0.5) is 5.69 Å². The number of aryl methyl sites for hydroxylation is 1. The Balaban J connectivity index is 1.52. The number of rotatable bonds is 6. The molecule has 0 aromatic heterocycles. The lowest BCUT2D eigenvalue weighted by Gasteiger charge is -2.45. The lowest BCUT2D eigenvalue weighted by molar-refractivity contribution is 0.00695. The maximum Gasteiger partial charge on any atom is 0.338 e. The maximum absolute atomic E-state index is 13.0. The highest BCUT2D eigenvalue weighted by Gasteiger charge is 2.44. The number of fused-ring (bicyclic) bond motifs is 3. The Morgan fingerprint density at radius 1 is 1.29 bits per heavy atom. The van der Waals surface area contributed by atoms with Gasteiger partial charge in [-0.1, -0.05) is 23.7 Å². The molecule has 0 radical (unpaired) electrons. The fourth-order valence-corrected chi connectivity index (χ4v) is 6.73. The van der Waals surface area contributed by atoms with Gasteiger partial charge >= 0.3 is 5.97 Å². The van der Waals surface area contributed by atoms with E-state index in [1.807, 2.05) is 39.0 Å². The number of nitrogens with zero attached hydrogens (tertiary/aromatic N) is 1. The number of carbonyl (C=O) groups excluding carboxylic acids is 1. The minimum Gasteiger partial charge on any atom is -0.490 e. The van der Waals surface area contributed by atoms with Gasteiger partial charge in [0.05, 0.1) is 24.0 Å². The third-order valence-electron chi connectivity index (χ3n) is 8.51. The summed E-state index contributed by atoms with van der Waals surface area (Å²) in [7, 11) is 0. The van der Waals surface area contributed by atoms with Gasteiger partial charge in [0.25, 0.3) is 0 Å². The number of ether oxygens (including phenoxy) is 2. The van der Waals surface area contributed by atoms with Crippen molar-refractivity contribution >= 4 is 23.3 Å². The molecule has 0 bridgehead atoms. The van der Waals surface area contributed by atoms with Crippen LogP contribution in [0.1, 0.15) is 74.4 Å². The van der Waals surface area contributed by atoms with E-state index in [4.69, 9.17) is 21.1 Å². The van der Waals surface area contributed by atoms with E-state index in [-0.39, 0.29) is 23.4 Å². The van der Waals surface area contributed by atoms with Gasteiger partial charge in [0, 0.05) is 23.5 Å². The predicted octanol–water partition coefficient (Wildman–Crippen LogP) is 6.73. The van der Waals surface area contributed by atoms with E-state index in [2.05, 4.69) is 23.6 Å². The summed E-state index contributed by atoms with van der Waals surface area (Å²) in [6.45, 7) is 11.6. The Morgan fingerprint density at radius 2 is 2.11 bits per heavy atom. The molecule has 5 rings (SSSR count). The largest absolute Gasteiger partial charge is 0.490 e. The van der Waals surface area contributed by atoms with Crippen LogP contribution in [-0.2, 0) is 16.6 Å². The lowest BCUT2D eigenvalue weighted by atomic mass is 9.68. The van der Waals surface area contributed by atoms with E-state index in [1.54, 1.807) is 12.1 Å². The second-order valence-corrected chi connectivity index (χ2v) is 12.8. The molecule has 5 nitrogen and oxygen atoms in total. The highest BCUT2D eigenvalue weighted by molar-refractivity contribution is 6.30. The summed E-state index contributed by atoms with van der Waals surface area (Å²) in [5, 5.41) is 11.5. The summed E-state index contributed by atoms with van der Waals surface area (Å²) < 4.78 is 12.2. The van der Waals surface area contributed by atoms with Crippen molar-refractivity contribution in [2.24, 2.45) is 11.8 Å². The summed E-state index contributed by atoms with van der Waals surface area (Å²) in [4.78, 5) is 15.4. The molecule has 38 heavy (non-hydrogen) atoms. The molecular weight excluding hydrogens is 498 g/mol. The molecule has 1 fully saturated rings. The van der Waals surface area contributed by atoms with Gasteiger partial charge in [0.1, 0.15) is 11.4 Å². The predicted molar refractivity (Wildman–Crippen MR) is 152 cm³/mol. The number of esters is 1. The number of carbonyl (C=O) groups is 1. The molecule has 1 aliphatic heterocycles. The molecule has 204 valence electrons. The van der Waals surface area contributed by atoms with Crippen molar-refractivity contribution in [3.63, 3.8) is 0 Å². The minimum atomic E-state index is -0.572. The van der Waals surface area contributed by atoms with Gasteiger partial charge in [-0.2, -0.15) is 0 Å². The van der Waals surface area contributed by atoms with Crippen LogP contribution in [0.5, 0.6) is 5.75 Å². The Kier molecular flexibility index (Phi) is 7.54. The van der Waals surface area contributed by atoms with Gasteiger partial charge in [-0.05, 0) is 113 Å². The van der Waals surface area contributed by atoms with Crippen molar-refractivity contribution in [2.45, 2.75) is 76.4 Å².